The summed E-state index contributed by atoms with van der Waals surface area (Å²) in [4.78, 5) is 18.1. The molecule has 0 aromatic carbocycles. The van der Waals surface area contributed by atoms with Crippen LogP contribution in [-0.4, -0.2) is 81.4 Å². The van der Waals surface area contributed by atoms with Crippen molar-refractivity contribution in [3.8, 4) is 0 Å². The van der Waals surface area contributed by atoms with Crippen molar-refractivity contribution in [3.05, 3.63) is 0 Å². The fourth-order valence-electron chi connectivity index (χ4n) is 3.66. The van der Waals surface area contributed by atoms with E-state index in [4.69, 9.17) is 4.74 Å². The quantitative estimate of drug-likeness (QED) is 0.393. The van der Waals surface area contributed by atoms with Gasteiger partial charge in [-0.2, -0.15) is 17.5 Å². The Morgan fingerprint density at radius 1 is 1.14 bits per heavy atom. The van der Waals surface area contributed by atoms with Crippen LogP contribution in [0.15, 0.2) is 4.99 Å². The summed E-state index contributed by atoms with van der Waals surface area (Å²) in [7, 11) is -3.60. The maximum atomic E-state index is 12.6. The zero-order valence-corrected chi connectivity index (χ0v) is 17.6. The number of ether oxygens (including phenoxy) is 1. The van der Waals surface area contributed by atoms with Gasteiger partial charge in [-0.3, -0.25) is 9.79 Å². The van der Waals surface area contributed by atoms with Crippen LogP contribution in [-0.2, 0) is 19.6 Å². The first kappa shape index (κ1) is 23.7. The second-order valence-corrected chi connectivity index (χ2v) is 9.16. The van der Waals surface area contributed by atoms with Gasteiger partial charge in [0.05, 0.1) is 12.5 Å². The molecule has 168 valence electrons. The van der Waals surface area contributed by atoms with E-state index < -0.39 is 15.5 Å². The number of nitrogens with zero attached hydrogens (tertiary/aromatic N) is 3. The van der Waals surface area contributed by atoms with Gasteiger partial charge in [-0.05, 0) is 38.5 Å². The van der Waals surface area contributed by atoms with E-state index in [9.17, 15) is 26.4 Å². The Morgan fingerprint density at radius 3 is 2.21 bits per heavy atom. The highest BCUT2D eigenvalue weighted by atomic mass is 32.2. The first-order valence-corrected chi connectivity index (χ1v) is 11.2. The Kier molecular flexibility index (Phi) is 8.15. The molecule has 0 bridgehead atoms. The number of alkyl halides is 3. The lowest BCUT2D eigenvalue weighted by atomic mass is 9.97. The number of piperidine rings is 2. The van der Waals surface area contributed by atoms with Crippen LogP contribution < -0.4 is 5.32 Å². The van der Waals surface area contributed by atoms with Crippen molar-refractivity contribution < 1.29 is 31.1 Å². The molecule has 2 aliphatic rings. The standard InChI is InChI=1S/C17H29F3N4O4S/c1-3-28-15(25)14-6-8-23(9-7-14)16(21-2)22-12-13-4-10-24(11-5-13)29(26,27)17(18,19)20/h13-14H,3-12H2,1-2H3,(H,21,22). The molecule has 8 nitrogen and oxygen atoms in total. The van der Waals surface area contributed by atoms with E-state index in [-0.39, 0.29) is 30.9 Å². The van der Waals surface area contributed by atoms with Gasteiger partial charge in [-0.25, -0.2) is 8.42 Å². The molecular weight excluding hydrogens is 413 g/mol. The van der Waals surface area contributed by atoms with Gasteiger partial charge in [0.25, 0.3) is 0 Å². The van der Waals surface area contributed by atoms with Crippen molar-refractivity contribution in [2.75, 3.05) is 46.4 Å². The lowest BCUT2D eigenvalue weighted by molar-refractivity contribution is -0.149. The fraction of sp³-hybridized carbons (Fsp3) is 0.882. The Bertz CT molecular complexity index is 683. The van der Waals surface area contributed by atoms with E-state index in [2.05, 4.69) is 10.3 Å². The Labute approximate surface area is 169 Å². The molecule has 1 N–H and O–H groups in total. The molecule has 2 aliphatic heterocycles. The van der Waals surface area contributed by atoms with E-state index in [1.807, 2.05) is 4.90 Å². The third-order valence-corrected chi connectivity index (χ3v) is 7.01. The number of likely N-dealkylation sites (tertiary alicyclic amines) is 1. The van der Waals surface area contributed by atoms with Crippen molar-refractivity contribution in [2.45, 2.75) is 38.1 Å². The molecule has 2 fully saturated rings. The van der Waals surface area contributed by atoms with Crippen molar-refractivity contribution in [3.63, 3.8) is 0 Å². The Hall–Kier alpha value is -1.56. The van der Waals surface area contributed by atoms with Crippen LogP contribution in [0.1, 0.15) is 32.6 Å². The SMILES string of the molecule is CCOC(=O)C1CCN(C(=NC)NCC2CCN(S(=O)(=O)C(F)(F)F)CC2)CC1. The molecule has 0 spiro atoms. The van der Waals surface area contributed by atoms with E-state index in [1.54, 1.807) is 14.0 Å². The van der Waals surface area contributed by atoms with Crippen LogP contribution in [0.3, 0.4) is 0 Å². The van der Waals surface area contributed by atoms with Gasteiger partial charge in [-0.15, -0.1) is 0 Å². The van der Waals surface area contributed by atoms with Crippen molar-refractivity contribution in [2.24, 2.45) is 16.8 Å². The first-order valence-electron chi connectivity index (χ1n) is 9.78. The minimum absolute atomic E-state index is 0.0588. The van der Waals surface area contributed by atoms with Crippen LogP contribution in [0.25, 0.3) is 0 Å². The van der Waals surface area contributed by atoms with Gasteiger partial charge in [0.15, 0.2) is 5.96 Å². The second kappa shape index (κ2) is 9.96. The number of guanidine groups is 1. The molecule has 2 heterocycles. The molecule has 0 unspecified atom stereocenters. The minimum atomic E-state index is -5.25. The minimum Gasteiger partial charge on any atom is -0.466 e. The smallest absolute Gasteiger partial charge is 0.466 e. The van der Waals surface area contributed by atoms with Crippen LogP contribution in [0.5, 0.6) is 0 Å². The third kappa shape index (κ3) is 5.97. The highest BCUT2D eigenvalue weighted by Crippen LogP contribution is 2.30. The summed E-state index contributed by atoms with van der Waals surface area (Å²) in [6, 6.07) is 0. The summed E-state index contributed by atoms with van der Waals surface area (Å²) in [5.41, 5.74) is -5.25. The van der Waals surface area contributed by atoms with Crippen LogP contribution in [0.4, 0.5) is 13.2 Å². The summed E-state index contributed by atoms with van der Waals surface area (Å²) < 4.78 is 66.5. The molecule has 2 rings (SSSR count). The van der Waals surface area contributed by atoms with Gasteiger partial charge in [-0.1, -0.05) is 0 Å². The largest absolute Gasteiger partial charge is 0.511 e. The van der Waals surface area contributed by atoms with Gasteiger partial charge in [0.2, 0.25) is 0 Å². The first-order chi connectivity index (χ1) is 13.6. The van der Waals surface area contributed by atoms with Gasteiger partial charge < -0.3 is 15.0 Å². The normalized spacial score (nSPS) is 21.3. The molecule has 0 aromatic heterocycles. The van der Waals surface area contributed by atoms with E-state index >= 15 is 0 Å². The fourth-order valence-corrected chi connectivity index (χ4v) is 4.64. The van der Waals surface area contributed by atoms with Gasteiger partial charge in [0, 0.05) is 39.8 Å². The van der Waals surface area contributed by atoms with E-state index in [1.165, 1.54) is 0 Å². The Morgan fingerprint density at radius 2 is 1.72 bits per heavy atom. The summed E-state index contributed by atoms with van der Waals surface area (Å²) in [6.45, 7) is 3.68. The molecule has 0 radical (unpaired) electrons. The van der Waals surface area contributed by atoms with Gasteiger partial charge in [0.1, 0.15) is 0 Å². The summed E-state index contributed by atoms with van der Waals surface area (Å²) in [5.74, 6) is 0.459. The molecule has 2 saturated heterocycles. The number of rotatable bonds is 5. The van der Waals surface area contributed by atoms with Crippen molar-refractivity contribution >= 4 is 22.0 Å². The molecule has 29 heavy (non-hydrogen) atoms. The Balaban J connectivity index is 1.78. The van der Waals surface area contributed by atoms with Crippen LogP contribution in [0, 0.1) is 11.8 Å². The zero-order valence-electron chi connectivity index (χ0n) is 16.7. The number of hydrogen-bond acceptors (Lipinski definition) is 5. The highest BCUT2D eigenvalue weighted by molar-refractivity contribution is 7.90. The summed E-state index contributed by atoms with van der Waals surface area (Å²) in [5, 5.41) is 3.23. The predicted octanol–water partition coefficient (Wildman–Crippen LogP) is 1.40. The van der Waals surface area contributed by atoms with Crippen LogP contribution >= 0.6 is 0 Å². The molecule has 0 atom stereocenters. The third-order valence-electron chi connectivity index (χ3n) is 5.38. The molecule has 12 heteroatoms. The molecule has 0 amide bonds. The van der Waals surface area contributed by atoms with E-state index in [0.717, 1.165) is 0 Å². The number of aliphatic imine (C=N–C) groups is 1. The molecule has 0 aromatic rings. The zero-order chi connectivity index (χ0) is 21.7. The monoisotopic (exact) mass is 442 g/mol. The molecule has 0 saturated carbocycles. The number of sulfonamides is 1. The van der Waals surface area contributed by atoms with Gasteiger partial charge >= 0.3 is 21.5 Å². The topological polar surface area (TPSA) is 91.3 Å². The summed E-state index contributed by atoms with van der Waals surface area (Å²) in [6.07, 6.45) is 2.05. The number of hydrogen-bond donors (Lipinski definition) is 1. The van der Waals surface area contributed by atoms with E-state index in [0.29, 0.717) is 62.2 Å². The summed E-state index contributed by atoms with van der Waals surface area (Å²) >= 11 is 0. The average molecular weight is 443 g/mol. The number of esters is 1. The maximum absolute atomic E-state index is 12.6. The average Bonchev–Trinajstić information content (AvgIpc) is 2.68. The lowest BCUT2D eigenvalue weighted by Gasteiger charge is -2.35. The number of nitrogens with one attached hydrogen (secondary N) is 1. The van der Waals surface area contributed by atoms with Crippen molar-refractivity contribution in [1.29, 1.82) is 0 Å². The molecular formula is C17H29F3N4O4S. The maximum Gasteiger partial charge on any atom is 0.511 e. The lowest BCUT2D eigenvalue weighted by Crippen LogP contribution is -2.49. The van der Waals surface area contributed by atoms with Crippen LogP contribution in [0.2, 0.25) is 0 Å². The number of carbonyl (C=O) groups is 1. The highest BCUT2D eigenvalue weighted by Gasteiger charge is 2.50. The second-order valence-electron chi connectivity index (χ2n) is 7.23. The molecule has 0 aliphatic carbocycles. The van der Waals surface area contributed by atoms with Crippen molar-refractivity contribution in [1.82, 2.24) is 14.5 Å². The number of carbonyl (C=O) groups excluding carboxylic acids is 1. The predicted molar refractivity (Wildman–Crippen MR) is 102 cm³/mol. The number of halogens is 3.